The van der Waals surface area contributed by atoms with Gasteiger partial charge in [0.1, 0.15) is 28.6 Å². The number of fused-ring (bicyclic) bond motifs is 1. The summed E-state index contributed by atoms with van der Waals surface area (Å²) in [6, 6.07) is 12.7. The van der Waals surface area contributed by atoms with Crippen LogP contribution in [0, 0.1) is 0 Å². The quantitative estimate of drug-likeness (QED) is 0.308. The van der Waals surface area contributed by atoms with Crippen molar-refractivity contribution in [1.29, 1.82) is 0 Å². The number of carbonyl (C=O) groups is 1. The fourth-order valence-electron chi connectivity index (χ4n) is 3.05. The van der Waals surface area contributed by atoms with Gasteiger partial charge in [0.25, 0.3) is 0 Å². The number of thioether (sulfide) groups is 1. The average molecular weight is 464 g/mol. The Hall–Kier alpha value is -3.92. The average Bonchev–Trinajstić information content (AvgIpc) is 2.87. The van der Waals surface area contributed by atoms with Crippen molar-refractivity contribution in [3.05, 3.63) is 55.0 Å². The molecule has 2 aromatic carbocycles. The zero-order valence-corrected chi connectivity index (χ0v) is 19.0. The van der Waals surface area contributed by atoms with Gasteiger partial charge in [-0.25, -0.2) is 19.9 Å². The molecule has 0 atom stereocenters. The van der Waals surface area contributed by atoms with Gasteiger partial charge in [0.05, 0.1) is 38.2 Å². The predicted octanol–water partition coefficient (Wildman–Crippen LogP) is 3.84. The first-order valence-electron chi connectivity index (χ1n) is 9.88. The Morgan fingerprint density at radius 3 is 2.42 bits per heavy atom. The van der Waals surface area contributed by atoms with Gasteiger partial charge in [-0.1, -0.05) is 11.8 Å². The van der Waals surface area contributed by atoms with E-state index in [1.807, 2.05) is 24.3 Å². The third kappa shape index (κ3) is 5.12. The van der Waals surface area contributed by atoms with Crippen molar-refractivity contribution in [3.63, 3.8) is 0 Å². The van der Waals surface area contributed by atoms with E-state index in [4.69, 9.17) is 14.2 Å². The molecule has 10 heteroatoms. The molecular formula is C23H21N5O4S. The minimum Gasteiger partial charge on any atom is -0.497 e. The summed E-state index contributed by atoms with van der Waals surface area (Å²) in [6.45, 7) is 0. The van der Waals surface area contributed by atoms with Crippen molar-refractivity contribution in [2.75, 3.05) is 32.4 Å². The zero-order chi connectivity index (χ0) is 23.2. The first-order valence-corrected chi connectivity index (χ1v) is 10.9. The van der Waals surface area contributed by atoms with Crippen LogP contribution in [0.1, 0.15) is 0 Å². The molecule has 2 aromatic heterocycles. The molecule has 1 N–H and O–H groups in total. The molecule has 1 amide bonds. The second-order valence-electron chi connectivity index (χ2n) is 6.74. The lowest BCUT2D eigenvalue weighted by molar-refractivity contribution is -0.113. The topological polar surface area (TPSA) is 108 Å². The number of methoxy groups -OCH3 is 3. The number of ether oxygens (including phenoxy) is 3. The first kappa shape index (κ1) is 22.3. The number of nitrogens with one attached hydrogen (secondary N) is 1. The van der Waals surface area contributed by atoms with Gasteiger partial charge in [-0.2, -0.15) is 0 Å². The maximum Gasteiger partial charge on any atom is 0.234 e. The van der Waals surface area contributed by atoms with Crippen molar-refractivity contribution in [2.24, 2.45) is 0 Å². The Labute approximate surface area is 194 Å². The van der Waals surface area contributed by atoms with E-state index in [2.05, 4.69) is 25.3 Å². The summed E-state index contributed by atoms with van der Waals surface area (Å²) < 4.78 is 15.7. The van der Waals surface area contributed by atoms with Gasteiger partial charge < -0.3 is 19.5 Å². The third-order valence-corrected chi connectivity index (χ3v) is 5.73. The van der Waals surface area contributed by atoms with E-state index >= 15 is 0 Å². The molecule has 2 heterocycles. The fraction of sp³-hybridized carbons (Fsp3) is 0.174. The van der Waals surface area contributed by atoms with E-state index in [9.17, 15) is 4.79 Å². The summed E-state index contributed by atoms with van der Waals surface area (Å²) in [5.41, 5.74) is 1.88. The molecule has 0 radical (unpaired) electrons. The molecule has 4 rings (SSSR count). The summed E-state index contributed by atoms with van der Waals surface area (Å²) in [6.07, 6.45) is 3.10. The molecule has 33 heavy (non-hydrogen) atoms. The summed E-state index contributed by atoms with van der Waals surface area (Å²) in [5, 5.41) is 4.14. The molecule has 9 nitrogen and oxygen atoms in total. The Balaban J connectivity index is 1.49. The minimum absolute atomic E-state index is 0.132. The molecule has 0 saturated heterocycles. The molecule has 0 aliphatic heterocycles. The van der Waals surface area contributed by atoms with Crippen LogP contribution in [0.4, 0.5) is 5.69 Å². The summed E-state index contributed by atoms with van der Waals surface area (Å²) in [4.78, 5) is 30.1. The van der Waals surface area contributed by atoms with Crippen molar-refractivity contribution >= 4 is 34.4 Å². The maximum absolute atomic E-state index is 12.6. The standard InChI is InChI=1S/C23H21N5O4S/c1-30-15-6-4-14(5-7-15)21-24-11-17-22(28-21)25-13-26-23(17)33-12-20(29)27-18-10-16(31-2)8-9-19(18)32-3/h4-11,13H,12H2,1-3H3,(H,27,29). The lowest BCUT2D eigenvalue weighted by Gasteiger charge is -2.11. The van der Waals surface area contributed by atoms with Crippen LogP contribution in [-0.4, -0.2) is 52.9 Å². The smallest absolute Gasteiger partial charge is 0.234 e. The Bertz CT molecular complexity index is 1280. The Kier molecular flexibility index (Phi) is 6.84. The lowest BCUT2D eigenvalue weighted by atomic mass is 10.2. The van der Waals surface area contributed by atoms with Gasteiger partial charge in [-0.05, 0) is 36.4 Å². The van der Waals surface area contributed by atoms with Crippen LogP contribution in [0.15, 0.2) is 60.0 Å². The second-order valence-corrected chi connectivity index (χ2v) is 7.71. The van der Waals surface area contributed by atoms with E-state index in [1.165, 1.54) is 18.1 Å². The Morgan fingerprint density at radius 2 is 1.70 bits per heavy atom. The molecule has 0 fully saturated rings. The number of benzene rings is 2. The van der Waals surface area contributed by atoms with Crippen molar-refractivity contribution in [1.82, 2.24) is 19.9 Å². The number of hydrogen-bond acceptors (Lipinski definition) is 9. The molecule has 0 aliphatic carbocycles. The number of aromatic nitrogens is 4. The highest BCUT2D eigenvalue weighted by atomic mass is 32.2. The SMILES string of the molecule is COc1ccc(-c2ncc3c(SCC(=O)Nc4cc(OC)ccc4OC)ncnc3n2)cc1. The van der Waals surface area contributed by atoms with Crippen LogP contribution in [0.5, 0.6) is 17.2 Å². The molecule has 0 aliphatic rings. The van der Waals surface area contributed by atoms with Gasteiger partial charge >= 0.3 is 0 Å². The highest BCUT2D eigenvalue weighted by molar-refractivity contribution is 8.00. The molecule has 0 unspecified atom stereocenters. The number of amides is 1. The monoisotopic (exact) mass is 463 g/mol. The number of hydrogen-bond donors (Lipinski definition) is 1. The fourth-order valence-corrected chi connectivity index (χ4v) is 3.81. The van der Waals surface area contributed by atoms with E-state index in [-0.39, 0.29) is 11.7 Å². The molecule has 168 valence electrons. The molecule has 0 saturated carbocycles. The number of carbonyl (C=O) groups excluding carboxylic acids is 1. The molecule has 0 spiro atoms. The lowest BCUT2D eigenvalue weighted by Crippen LogP contribution is -2.15. The molecular weight excluding hydrogens is 442 g/mol. The minimum atomic E-state index is -0.214. The van der Waals surface area contributed by atoms with Crippen LogP contribution < -0.4 is 19.5 Å². The summed E-state index contributed by atoms with van der Waals surface area (Å²) >= 11 is 1.28. The summed E-state index contributed by atoms with van der Waals surface area (Å²) in [5.74, 6) is 2.38. The number of anilines is 1. The van der Waals surface area contributed by atoms with Crippen LogP contribution in [0.2, 0.25) is 0 Å². The van der Waals surface area contributed by atoms with Crippen LogP contribution in [0.25, 0.3) is 22.4 Å². The van der Waals surface area contributed by atoms with Gasteiger partial charge in [0.15, 0.2) is 11.5 Å². The van der Waals surface area contributed by atoms with Crippen molar-refractivity contribution < 1.29 is 19.0 Å². The predicted molar refractivity (Wildman–Crippen MR) is 126 cm³/mol. The van der Waals surface area contributed by atoms with E-state index < -0.39 is 0 Å². The molecule has 0 bridgehead atoms. The van der Waals surface area contributed by atoms with Crippen LogP contribution >= 0.6 is 11.8 Å². The van der Waals surface area contributed by atoms with Gasteiger partial charge in [-0.3, -0.25) is 4.79 Å². The van der Waals surface area contributed by atoms with Gasteiger partial charge in [0, 0.05) is 17.8 Å². The largest absolute Gasteiger partial charge is 0.497 e. The molecule has 4 aromatic rings. The van der Waals surface area contributed by atoms with Crippen LogP contribution in [0.3, 0.4) is 0 Å². The van der Waals surface area contributed by atoms with Crippen LogP contribution in [-0.2, 0) is 4.79 Å². The highest BCUT2D eigenvalue weighted by Crippen LogP contribution is 2.30. The third-order valence-electron chi connectivity index (χ3n) is 4.72. The number of rotatable bonds is 8. The van der Waals surface area contributed by atoms with Crippen molar-refractivity contribution in [2.45, 2.75) is 5.03 Å². The van der Waals surface area contributed by atoms with E-state index in [0.29, 0.717) is 39.1 Å². The van der Waals surface area contributed by atoms with E-state index in [1.54, 1.807) is 45.7 Å². The maximum atomic E-state index is 12.6. The number of nitrogens with zero attached hydrogens (tertiary/aromatic N) is 4. The highest BCUT2D eigenvalue weighted by Gasteiger charge is 2.13. The summed E-state index contributed by atoms with van der Waals surface area (Å²) in [7, 11) is 4.72. The zero-order valence-electron chi connectivity index (χ0n) is 18.2. The van der Waals surface area contributed by atoms with Crippen molar-refractivity contribution in [3.8, 4) is 28.6 Å². The van der Waals surface area contributed by atoms with E-state index in [0.717, 1.165) is 11.3 Å². The normalized spacial score (nSPS) is 10.6. The van der Waals surface area contributed by atoms with Gasteiger partial charge in [0.2, 0.25) is 5.91 Å². The Morgan fingerprint density at radius 1 is 0.939 bits per heavy atom. The second kappa shape index (κ2) is 10.1. The first-order chi connectivity index (χ1) is 16.1. The van der Waals surface area contributed by atoms with Gasteiger partial charge in [-0.15, -0.1) is 0 Å².